The summed E-state index contributed by atoms with van der Waals surface area (Å²) in [5, 5.41) is 7.37. The highest BCUT2D eigenvalue weighted by Gasteiger charge is 2.24. The molecule has 1 aromatic carbocycles. The van der Waals surface area contributed by atoms with Gasteiger partial charge in [0.15, 0.2) is 11.5 Å². The molecule has 0 amide bonds. The molecule has 84 valence electrons. The number of amidine groups is 1. The summed E-state index contributed by atoms with van der Waals surface area (Å²) < 4.78 is 15.3. The minimum absolute atomic E-state index is 0.0605. The number of ether oxygens (including phenoxy) is 3. The van der Waals surface area contributed by atoms with E-state index in [1.165, 1.54) is 6.92 Å². The van der Waals surface area contributed by atoms with E-state index in [2.05, 4.69) is 0 Å². The van der Waals surface area contributed by atoms with Crippen LogP contribution in [0.4, 0.5) is 0 Å². The second kappa shape index (κ2) is 3.73. The van der Waals surface area contributed by atoms with Crippen molar-refractivity contribution in [2.24, 2.45) is 5.73 Å². The van der Waals surface area contributed by atoms with Gasteiger partial charge < -0.3 is 19.9 Å². The molecule has 0 saturated heterocycles. The van der Waals surface area contributed by atoms with Crippen LogP contribution in [0.1, 0.15) is 12.5 Å². The SMILES string of the molecule is CC(=O)Oc1c(C(=N)N)ccc2c1OCO2. The number of hydrogen-bond donors (Lipinski definition) is 2. The summed E-state index contributed by atoms with van der Waals surface area (Å²) in [5.41, 5.74) is 5.69. The molecule has 2 rings (SSSR count). The normalized spacial score (nSPS) is 12.3. The Kier molecular flexibility index (Phi) is 2.40. The quantitative estimate of drug-likeness (QED) is 0.331. The molecule has 0 fully saturated rings. The molecule has 0 bridgehead atoms. The summed E-state index contributed by atoms with van der Waals surface area (Å²) in [6.07, 6.45) is 0. The van der Waals surface area contributed by atoms with Gasteiger partial charge in [-0.3, -0.25) is 10.2 Å². The van der Waals surface area contributed by atoms with Gasteiger partial charge in [-0.2, -0.15) is 0 Å². The number of hydrogen-bond acceptors (Lipinski definition) is 5. The van der Waals surface area contributed by atoms with Gasteiger partial charge in [-0.1, -0.05) is 0 Å². The van der Waals surface area contributed by atoms with Crippen molar-refractivity contribution < 1.29 is 19.0 Å². The predicted molar refractivity (Wildman–Crippen MR) is 54.9 cm³/mol. The van der Waals surface area contributed by atoms with Crippen LogP contribution >= 0.6 is 0 Å². The second-order valence-corrected chi connectivity index (χ2v) is 3.18. The maximum Gasteiger partial charge on any atom is 0.308 e. The zero-order valence-electron chi connectivity index (χ0n) is 8.57. The van der Waals surface area contributed by atoms with E-state index in [0.29, 0.717) is 17.1 Å². The number of fused-ring (bicyclic) bond motifs is 1. The molecule has 0 unspecified atom stereocenters. The average molecular weight is 222 g/mol. The minimum Gasteiger partial charge on any atom is -0.453 e. The second-order valence-electron chi connectivity index (χ2n) is 3.18. The molecule has 6 heteroatoms. The van der Waals surface area contributed by atoms with E-state index in [0.717, 1.165) is 0 Å². The summed E-state index contributed by atoms with van der Waals surface area (Å²) in [6, 6.07) is 3.17. The monoisotopic (exact) mass is 222 g/mol. The summed E-state index contributed by atoms with van der Waals surface area (Å²) in [7, 11) is 0. The Bertz CT molecular complexity index is 470. The van der Waals surface area contributed by atoms with E-state index in [1.807, 2.05) is 0 Å². The molecular formula is C10H10N2O4. The molecule has 0 spiro atoms. The third kappa shape index (κ3) is 1.65. The van der Waals surface area contributed by atoms with E-state index >= 15 is 0 Å². The summed E-state index contributed by atoms with van der Waals surface area (Å²) in [4.78, 5) is 11.0. The van der Waals surface area contributed by atoms with Gasteiger partial charge in [0.25, 0.3) is 0 Å². The Morgan fingerprint density at radius 3 is 2.88 bits per heavy atom. The number of rotatable bonds is 2. The zero-order chi connectivity index (χ0) is 11.7. The van der Waals surface area contributed by atoms with E-state index in [9.17, 15) is 4.79 Å². The van der Waals surface area contributed by atoms with Gasteiger partial charge >= 0.3 is 5.97 Å². The van der Waals surface area contributed by atoms with E-state index in [4.69, 9.17) is 25.4 Å². The van der Waals surface area contributed by atoms with Crippen molar-refractivity contribution in [1.29, 1.82) is 5.41 Å². The van der Waals surface area contributed by atoms with E-state index < -0.39 is 5.97 Å². The van der Waals surface area contributed by atoms with Crippen molar-refractivity contribution in [3.8, 4) is 17.2 Å². The Morgan fingerprint density at radius 2 is 2.25 bits per heavy atom. The van der Waals surface area contributed by atoms with Crippen LogP contribution in [0.2, 0.25) is 0 Å². The first-order valence-corrected chi connectivity index (χ1v) is 4.55. The van der Waals surface area contributed by atoms with Crippen molar-refractivity contribution >= 4 is 11.8 Å². The molecule has 0 aliphatic carbocycles. The van der Waals surface area contributed by atoms with Crippen LogP contribution in [-0.4, -0.2) is 18.6 Å². The zero-order valence-corrected chi connectivity index (χ0v) is 8.57. The molecule has 16 heavy (non-hydrogen) atoms. The lowest BCUT2D eigenvalue weighted by Crippen LogP contribution is -2.14. The molecular weight excluding hydrogens is 212 g/mol. The maximum absolute atomic E-state index is 11.0. The third-order valence-corrected chi connectivity index (χ3v) is 2.03. The van der Waals surface area contributed by atoms with E-state index in [-0.39, 0.29) is 18.4 Å². The topological polar surface area (TPSA) is 94.6 Å². The standard InChI is InChI=1S/C10H10N2O4/c1-5(13)16-8-6(10(11)12)2-3-7-9(8)15-4-14-7/h2-3H,4H2,1H3,(H3,11,12). The molecule has 0 radical (unpaired) electrons. The van der Waals surface area contributed by atoms with Gasteiger partial charge in [-0.25, -0.2) is 0 Å². The first kappa shape index (κ1) is 10.3. The maximum atomic E-state index is 11.0. The first-order chi connectivity index (χ1) is 7.59. The Hall–Kier alpha value is -2.24. The molecule has 1 aliphatic rings. The van der Waals surface area contributed by atoms with Crippen molar-refractivity contribution in [3.63, 3.8) is 0 Å². The van der Waals surface area contributed by atoms with Gasteiger partial charge in [0.1, 0.15) is 5.84 Å². The highest BCUT2D eigenvalue weighted by atomic mass is 16.7. The Labute approximate surface area is 91.4 Å². The molecule has 1 heterocycles. The lowest BCUT2D eigenvalue weighted by Gasteiger charge is -2.09. The fourth-order valence-electron chi connectivity index (χ4n) is 1.40. The minimum atomic E-state index is -0.508. The van der Waals surface area contributed by atoms with Gasteiger partial charge in [0.2, 0.25) is 12.5 Å². The van der Waals surface area contributed by atoms with Crippen LogP contribution in [0.3, 0.4) is 0 Å². The molecule has 3 N–H and O–H groups in total. The van der Waals surface area contributed by atoms with Gasteiger partial charge in [0, 0.05) is 6.92 Å². The molecule has 0 atom stereocenters. The van der Waals surface area contributed by atoms with Crippen LogP contribution in [0.25, 0.3) is 0 Å². The summed E-state index contributed by atoms with van der Waals surface area (Å²) >= 11 is 0. The van der Waals surface area contributed by atoms with Crippen molar-refractivity contribution in [2.75, 3.05) is 6.79 Å². The van der Waals surface area contributed by atoms with Crippen LogP contribution < -0.4 is 19.9 Å². The number of nitrogen functional groups attached to an aromatic ring is 1. The number of carbonyl (C=O) groups excluding carboxylic acids is 1. The molecule has 1 aliphatic heterocycles. The lowest BCUT2D eigenvalue weighted by atomic mass is 10.1. The number of carbonyl (C=O) groups is 1. The fourth-order valence-corrected chi connectivity index (χ4v) is 1.40. The molecule has 1 aromatic rings. The summed E-state index contributed by atoms with van der Waals surface area (Å²) in [5.74, 6) is 0.208. The lowest BCUT2D eigenvalue weighted by molar-refractivity contribution is -0.132. The Balaban J connectivity index is 2.55. The fraction of sp³-hybridized carbons (Fsp3) is 0.200. The third-order valence-electron chi connectivity index (χ3n) is 2.03. The molecule has 0 aromatic heterocycles. The smallest absolute Gasteiger partial charge is 0.308 e. The number of benzene rings is 1. The van der Waals surface area contributed by atoms with Gasteiger partial charge in [-0.05, 0) is 12.1 Å². The Morgan fingerprint density at radius 1 is 1.50 bits per heavy atom. The average Bonchev–Trinajstić information content (AvgIpc) is 2.64. The van der Waals surface area contributed by atoms with Crippen LogP contribution in [-0.2, 0) is 4.79 Å². The van der Waals surface area contributed by atoms with Crippen molar-refractivity contribution in [3.05, 3.63) is 17.7 Å². The number of nitrogens with two attached hydrogens (primary N) is 1. The van der Waals surface area contributed by atoms with Crippen molar-refractivity contribution in [2.45, 2.75) is 6.92 Å². The van der Waals surface area contributed by atoms with Crippen LogP contribution in [0, 0.1) is 5.41 Å². The largest absolute Gasteiger partial charge is 0.453 e. The van der Waals surface area contributed by atoms with E-state index in [1.54, 1.807) is 12.1 Å². The molecule has 6 nitrogen and oxygen atoms in total. The van der Waals surface area contributed by atoms with Crippen LogP contribution in [0.5, 0.6) is 17.2 Å². The number of esters is 1. The highest BCUT2D eigenvalue weighted by molar-refractivity contribution is 5.99. The highest BCUT2D eigenvalue weighted by Crippen LogP contribution is 2.43. The first-order valence-electron chi connectivity index (χ1n) is 4.55. The van der Waals surface area contributed by atoms with Crippen molar-refractivity contribution in [1.82, 2.24) is 0 Å². The van der Waals surface area contributed by atoms with Crippen LogP contribution in [0.15, 0.2) is 12.1 Å². The summed E-state index contributed by atoms with van der Waals surface area (Å²) in [6.45, 7) is 1.32. The predicted octanol–water partition coefficient (Wildman–Crippen LogP) is 0.625. The van der Waals surface area contributed by atoms with Gasteiger partial charge in [0.05, 0.1) is 5.56 Å². The molecule has 0 saturated carbocycles. The number of nitrogens with one attached hydrogen (secondary N) is 1. The van der Waals surface area contributed by atoms with Gasteiger partial charge in [-0.15, -0.1) is 0 Å².